The molecule has 5 aliphatic rings. The van der Waals surface area contributed by atoms with Crippen molar-refractivity contribution in [2.24, 2.45) is 5.92 Å². The van der Waals surface area contributed by atoms with E-state index < -0.39 is 43.6 Å². The summed E-state index contributed by atoms with van der Waals surface area (Å²) in [6.45, 7) is 12.1. The van der Waals surface area contributed by atoms with Gasteiger partial charge in [-0.2, -0.15) is 0 Å². The SMILES string of the molecule is CCOc1ccc2c(c1)CC(NCCCCO)C(=O)N2c1ccc(CN2C(=O)[C@@]3(O[C@@H](CC(=O)N4CCC[C@H]4CO)[C@H]([Si](C)(C)O)[C@H]3C)c3cc(N4C(=O)C(NCCCCO)Cc5cc(OCC)ccc54)ccc32)cc1. The van der Waals surface area contributed by atoms with Crippen LogP contribution in [0.15, 0.2) is 78.9 Å². The Morgan fingerprint density at radius 3 is 1.84 bits per heavy atom. The predicted molar refractivity (Wildman–Crippen MR) is 293 cm³/mol. The first-order chi connectivity index (χ1) is 36.7. The molecular formula is C58H76N6O11Si. The van der Waals surface area contributed by atoms with Crippen LogP contribution in [0.3, 0.4) is 0 Å². The molecule has 17 nitrogen and oxygen atoms in total. The molecule has 6 N–H and O–H groups in total. The lowest BCUT2D eigenvalue weighted by atomic mass is 9.82. The summed E-state index contributed by atoms with van der Waals surface area (Å²) < 4.78 is 19.0. The van der Waals surface area contributed by atoms with Crippen LogP contribution in [0.1, 0.15) is 88.0 Å². The minimum absolute atomic E-state index is 0.0513. The smallest absolute Gasteiger partial charge is 0.264 e. The number of aliphatic hydroxyl groups excluding tert-OH is 3. The van der Waals surface area contributed by atoms with Gasteiger partial charge in [0, 0.05) is 48.2 Å². The number of benzene rings is 4. The van der Waals surface area contributed by atoms with Crippen LogP contribution in [0.4, 0.5) is 28.4 Å². The van der Waals surface area contributed by atoms with E-state index in [1.807, 2.05) is 113 Å². The molecule has 7 atom stereocenters. The van der Waals surface area contributed by atoms with Crippen molar-refractivity contribution in [2.45, 2.75) is 134 Å². The number of unbranched alkanes of at least 4 members (excludes halogenated alkanes) is 2. The van der Waals surface area contributed by atoms with Crippen molar-refractivity contribution in [3.05, 3.63) is 101 Å². The molecule has 2 unspecified atom stereocenters. The van der Waals surface area contributed by atoms with E-state index in [1.54, 1.807) is 19.6 Å². The molecule has 1 spiro atoms. The number of carbonyl (C=O) groups excluding carboxylic acids is 4. The summed E-state index contributed by atoms with van der Waals surface area (Å²) in [6, 6.07) is 23.2. The number of rotatable bonds is 22. The predicted octanol–water partition coefficient (Wildman–Crippen LogP) is 6.11. The minimum Gasteiger partial charge on any atom is -0.494 e. The number of likely N-dealkylation sites (tertiary alicyclic amines) is 1. The number of anilines is 5. The maximum Gasteiger partial charge on any atom is 0.264 e. The summed E-state index contributed by atoms with van der Waals surface area (Å²) in [6.07, 6.45) is 4.06. The Kier molecular flexibility index (Phi) is 17.0. The van der Waals surface area contributed by atoms with Gasteiger partial charge < -0.3 is 54.8 Å². The Balaban J connectivity index is 1.10. The first kappa shape index (κ1) is 55.1. The Morgan fingerprint density at radius 1 is 0.750 bits per heavy atom. The van der Waals surface area contributed by atoms with E-state index in [0.717, 1.165) is 41.0 Å². The number of carbonyl (C=O) groups is 4. The van der Waals surface area contributed by atoms with Gasteiger partial charge in [-0.3, -0.25) is 29.0 Å². The molecule has 76 heavy (non-hydrogen) atoms. The molecule has 4 amide bonds. The fourth-order valence-corrected chi connectivity index (χ4v) is 15.1. The van der Waals surface area contributed by atoms with Gasteiger partial charge in [0.1, 0.15) is 11.5 Å². The van der Waals surface area contributed by atoms with Crippen LogP contribution >= 0.6 is 0 Å². The zero-order chi connectivity index (χ0) is 53.9. The normalized spacial score (nSPS) is 24.1. The van der Waals surface area contributed by atoms with Gasteiger partial charge >= 0.3 is 0 Å². The van der Waals surface area contributed by atoms with Crippen LogP contribution in [0.5, 0.6) is 11.5 Å². The average Bonchev–Trinajstić information content (AvgIpc) is 4.20. The van der Waals surface area contributed by atoms with Crippen LogP contribution in [0.2, 0.25) is 18.6 Å². The van der Waals surface area contributed by atoms with Gasteiger partial charge in [0.15, 0.2) is 13.9 Å². The fourth-order valence-electron chi connectivity index (χ4n) is 12.6. The van der Waals surface area contributed by atoms with Crippen LogP contribution in [-0.2, 0) is 48.9 Å². The van der Waals surface area contributed by atoms with E-state index >= 15 is 4.79 Å². The molecule has 18 heteroatoms. The fraction of sp³-hybridized carbons (Fsp3) is 0.517. The Bertz CT molecular complexity index is 2760. The number of nitrogens with zero attached hydrogens (tertiary/aromatic N) is 4. The van der Waals surface area contributed by atoms with E-state index in [9.17, 15) is 34.5 Å². The number of nitrogens with one attached hydrogen (secondary N) is 2. The average molecular weight is 1060 g/mol. The Labute approximate surface area is 447 Å². The lowest BCUT2D eigenvalue weighted by Gasteiger charge is -2.36. The highest BCUT2D eigenvalue weighted by Crippen LogP contribution is 2.61. The zero-order valence-electron chi connectivity index (χ0n) is 44.6. The molecule has 0 saturated carbocycles. The Hall–Kier alpha value is -5.70. The van der Waals surface area contributed by atoms with E-state index in [4.69, 9.17) is 14.2 Å². The summed E-state index contributed by atoms with van der Waals surface area (Å²) in [7, 11) is -3.22. The van der Waals surface area contributed by atoms with Crippen molar-refractivity contribution in [3.8, 4) is 11.5 Å². The van der Waals surface area contributed by atoms with Gasteiger partial charge in [-0.05, 0) is 175 Å². The zero-order valence-corrected chi connectivity index (χ0v) is 45.6. The van der Waals surface area contributed by atoms with Gasteiger partial charge in [0.05, 0.1) is 74.1 Å². The molecule has 0 aliphatic carbocycles. The standard InChI is InChI=1S/C58H76N6O11Si/c1-6-73-44-19-22-49-39(29-44)31-47(59-24-8-10-27-65)55(69)63(49)41-16-14-38(15-17-41)35-62-51-21-18-42(64-50-23-20-45(74-7-2)30-40(50)32-48(56(64)70)60-25-9-11-28-66)33-46(51)58(57(62)71)37(3)54(76(4,5)72)52(75-58)34-53(68)61-26-12-13-43(61)36-67/h14-23,29-30,33,37,43,47-48,52,54,59-60,65-67,72H,6-13,24-28,31-32,34-36H2,1-5H3/t37-,43+,47?,48?,52+,54-,58+/m1/s1. The molecule has 9 rings (SSSR count). The third kappa shape index (κ3) is 10.7. The van der Waals surface area contributed by atoms with Crippen LogP contribution in [0.25, 0.3) is 0 Å². The molecule has 408 valence electrons. The van der Waals surface area contributed by atoms with Crippen molar-refractivity contribution < 1.29 is 53.5 Å². The molecule has 0 radical (unpaired) electrons. The van der Waals surface area contributed by atoms with Gasteiger partial charge in [-0.25, -0.2) is 0 Å². The largest absolute Gasteiger partial charge is 0.494 e. The number of aliphatic hydroxyl groups is 3. The number of hydrogen-bond acceptors (Lipinski definition) is 13. The number of hydrogen-bond donors (Lipinski definition) is 6. The van der Waals surface area contributed by atoms with E-state index in [2.05, 4.69) is 10.6 Å². The summed E-state index contributed by atoms with van der Waals surface area (Å²) in [5.74, 6) is -0.0455. The highest BCUT2D eigenvalue weighted by molar-refractivity contribution is 6.71. The maximum absolute atomic E-state index is 15.9. The van der Waals surface area contributed by atoms with Crippen LogP contribution < -0.4 is 34.8 Å². The van der Waals surface area contributed by atoms with E-state index in [-0.39, 0.29) is 62.5 Å². The lowest BCUT2D eigenvalue weighted by molar-refractivity contribution is -0.150. The Morgan fingerprint density at radius 2 is 1.30 bits per heavy atom. The number of amides is 4. The van der Waals surface area contributed by atoms with Crippen molar-refractivity contribution in [3.63, 3.8) is 0 Å². The maximum atomic E-state index is 15.9. The first-order valence-electron chi connectivity index (χ1n) is 27.4. The highest BCUT2D eigenvalue weighted by atomic mass is 28.4. The number of fused-ring (bicyclic) bond motifs is 4. The number of ether oxygens (including phenoxy) is 3. The van der Waals surface area contributed by atoms with Gasteiger partial charge in [-0.15, -0.1) is 0 Å². The van der Waals surface area contributed by atoms with Crippen molar-refractivity contribution in [1.29, 1.82) is 0 Å². The third-order valence-electron chi connectivity index (χ3n) is 16.1. The quantitative estimate of drug-likeness (QED) is 0.0388. The monoisotopic (exact) mass is 1060 g/mol. The minimum atomic E-state index is -3.22. The first-order valence-corrected chi connectivity index (χ1v) is 30.4. The topological polar surface area (TPSA) is 214 Å². The second-order valence-electron chi connectivity index (χ2n) is 21.5. The summed E-state index contributed by atoms with van der Waals surface area (Å²) in [5.41, 5.74) is 4.11. The summed E-state index contributed by atoms with van der Waals surface area (Å²) in [5, 5.41) is 35.9. The second-order valence-corrected chi connectivity index (χ2v) is 25.4. The van der Waals surface area contributed by atoms with Gasteiger partial charge in [0.25, 0.3) is 5.91 Å². The van der Waals surface area contributed by atoms with Crippen molar-refractivity contribution in [1.82, 2.24) is 15.5 Å². The molecule has 0 aromatic heterocycles. The molecule has 2 fully saturated rings. The van der Waals surface area contributed by atoms with Crippen molar-refractivity contribution >= 4 is 60.4 Å². The van der Waals surface area contributed by atoms with E-state index in [1.165, 1.54) is 0 Å². The molecule has 2 saturated heterocycles. The van der Waals surface area contributed by atoms with Crippen LogP contribution in [0, 0.1) is 5.92 Å². The summed E-state index contributed by atoms with van der Waals surface area (Å²) >= 11 is 0. The molecule has 4 aromatic rings. The molecule has 5 heterocycles. The lowest BCUT2D eigenvalue weighted by Crippen LogP contribution is -2.49. The van der Waals surface area contributed by atoms with Gasteiger partial charge in [-0.1, -0.05) is 19.1 Å². The van der Waals surface area contributed by atoms with Gasteiger partial charge in [0.2, 0.25) is 17.7 Å². The highest BCUT2D eigenvalue weighted by Gasteiger charge is 2.67. The van der Waals surface area contributed by atoms with Crippen LogP contribution in [-0.4, -0.2) is 134 Å². The molecule has 0 bridgehead atoms. The summed E-state index contributed by atoms with van der Waals surface area (Å²) in [4.78, 5) is 78.3. The molecule has 5 aliphatic heterocycles. The third-order valence-corrected chi connectivity index (χ3v) is 18.6. The van der Waals surface area contributed by atoms with Crippen molar-refractivity contribution in [2.75, 3.05) is 67.4 Å². The molecule has 4 aromatic carbocycles. The van der Waals surface area contributed by atoms with E-state index in [0.29, 0.717) is 105 Å². The second kappa shape index (κ2) is 23.5. The molecular weight excluding hydrogens is 985 g/mol.